The van der Waals surface area contributed by atoms with Crippen molar-refractivity contribution >= 4 is 5.97 Å². The number of rotatable bonds is 20. The maximum absolute atomic E-state index is 11.5. The zero-order chi connectivity index (χ0) is 19.3. The number of unbranched alkanes of at least 4 members (excludes halogenated alkanes) is 15. The van der Waals surface area contributed by atoms with Gasteiger partial charge in [-0.2, -0.15) is 0 Å². The van der Waals surface area contributed by atoms with Crippen molar-refractivity contribution in [3.63, 3.8) is 0 Å². The van der Waals surface area contributed by atoms with E-state index in [1.165, 1.54) is 89.9 Å². The van der Waals surface area contributed by atoms with Crippen LogP contribution in [-0.2, 0) is 9.53 Å². The summed E-state index contributed by atoms with van der Waals surface area (Å²) in [6.07, 6.45) is 22.0. The Morgan fingerprint density at radius 2 is 1.08 bits per heavy atom. The van der Waals surface area contributed by atoms with Gasteiger partial charge in [0, 0.05) is 6.42 Å². The van der Waals surface area contributed by atoms with E-state index in [2.05, 4.69) is 6.92 Å². The van der Waals surface area contributed by atoms with Crippen LogP contribution in [-0.4, -0.2) is 23.8 Å². The smallest absolute Gasteiger partial charge is 0.305 e. The van der Waals surface area contributed by atoms with Crippen LogP contribution >= 0.6 is 0 Å². The van der Waals surface area contributed by atoms with Crippen LogP contribution in [0, 0.1) is 0 Å². The standard InChI is InChI=1S/C23H46O3/c1-3-5-6-7-8-9-10-11-12-13-14-15-16-17-18-19-20-23(25)26-21-22(24)4-2/h22,24H,3-21H2,1-2H3. The molecule has 0 saturated heterocycles. The molecule has 0 aliphatic carbocycles. The lowest BCUT2D eigenvalue weighted by Gasteiger charge is -2.08. The summed E-state index contributed by atoms with van der Waals surface area (Å²) in [5.74, 6) is -0.164. The molecule has 0 bridgehead atoms. The van der Waals surface area contributed by atoms with Crippen LogP contribution in [0.5, 0.6) is 0 Å². The van der Waals surface area contributed by atoms with E-state index < -0.39 is 6.10 Å². The fourth-order valence-electron chi connectivity index (χ4n) is 3.20. The minimum absolute atomic E-state index is 0.147. The Morgan fingerprint density at radius 1 is 0.692 bits per heavy atom. The van der Waals surface area contributed by atoms with E-state index in [-0.39, 0.29) is 12.6 Å². The number of hydrogen-bond acceptors (Lipinski definition) is 3. The number of aliphatic hydroxyl groups is 1. The van der Waals surface area contributed by atoms with Crippen molar-refractivity contribution < 1.29 is 14.6 Å². The van der Waals surface area contributed by atoms with Crippen LogP contribution in [0.4, 0.5) is 0 Å². The first-order chi connectivity index (χ1) is 12.7. The Kier molecular flexibility index (Phi) is 20.3. The van der Waals surface area contributed by atoms with Gasteiger partial charge in [0.2, 0.25) is 0 Å². The summed E-state index contributed by atoms with van der Waals surface area (Å²) >= 11 is 0. The number of esters is 1. The van der Waals surface area contributed by atoms with Gasteiger partial charge in [0.1, 0.15) is 6.61 Å². The normalized spacial score (nSPS) is 12.3. The van der Waals surface area contributed by atoms with E-state index in [1.807, 2.05) is 6.92 Å². The summed E-state index contributed by atoms with van der Waals surface area (Å²) < 4.78 is 5.03. The fourth-order valence-corrected chi connectivity index (χ4v) is 3.20. The molecular formula is C23H46O3. The molecule has 0 aromatic rings. The predicted octanol–water partition coefficient (Wildman–Crippen LogP) is 6.95. The monoisotopic (exact) mass is 370 g/mol. The highest BCUT2D eigenvalue weighted by Crippen LogP contribution is 2.14. The molecule has 3 heteroatoms. The first kappa shape index (κ1) is 25.4. The van der Waals surface area contributed by atoms with Crippen LogP contribution in [0.2, 0.25) is 0 Å². The fraction of sp³-hybridized carbons (Fsp3) is 0.957. The van der Waals surface area contributed by atoms with Crippen molar-refractivity contribution in [3.8, 4) is 0 Å². The third-order valence-electron chi connectivity index (χ3n) is 5.14. The summed E-state index contributed by atoms with van der Waals surface area (Å²) in [5, 5.41) is 9.34. The molecule has 3 nitrogen and oxygen atoms in total. The van der Waals surface area contributed by atoms with Gasteiger partial charge in [0.25, 0.3) is 0 Å². The van der Waals surface area contributed by atoms with Gasteiger partial charge >= 0.3 is 5.97 Å². The van der Waals surface area contributed by atoms with Gasteiger partial charge in [-0.05, 0) is 12.8 Å². The molecule has 0 radical (unpaired) electrons. The largest absolute Gasteiger partial charge is 0.463 e. The van der Waals surface area contributed by atoms with E-state index in [0.29, 0.717) is 12.8 Å². The van der Waals surface area contributed by atoms with E-state index in [9.17, 15) is 9.90 Å². The predicted molar refractivity (Wildman–Crippen MR) is 111 cm³/mol. The highest BCUT2D eigenvalue weighted by atomic mass is 16.5. The molecular weight excluding hydrogens is 324 g/mol. The number of carbonyl (C=O) groups is 1. The lowest BCUT2D eigenvalue weighted by molar-refractivity contribution is -0.146. The van der Waals surface area contributed by atoms with Crippen molar-refractivity contribution in [1.29, 1.82) is 0 Å². The first-order valence-corrected chi connectivity index (χ1v) is 11.5. The molecule has 0 amide bonds. The second kappa shape index (κ2) is 20.7. The van der Waals surface area contributed by atoms with Gasteiger partial charge in [-0.25, -0.2) is 0 Å². The molecule has 0 rings (SSSR count). The Balaban J connectivity index is 3.12. The van der Waals surface area contributed by atoms with Crippen molar-refractivity contribution in [2.75, 3.05) is 6.61 Å². The lowest BCUT2D eigenvalue weighted by atomic mass is 10.0. The van der Waals surface area contributed by atoms with Crippen LogP contribution in [0.3, 0.4) is 0 Å². The van der Waals surface area contributed by atoms with Crippen LogP contribution in [0.15, 0.2) is 0 Å². The zero-order valence-electron chi connectivity index (χ0n) is 17.8. The van der Waals surface area contributed by atoms with E-state index in [0.717, 1.165) is 12.8 Å². The van der Waals surface area contributed by atoms with Crippen LogP contribution < -0.4 is 0 Å². The number of aliphatic hydroxyl groups excluding tert-OH is 1. The Hall–Kier alpha value is -0.570. The summed E-state index contributed by atoms with van der Waals surface area (Å²) in [5.41, 5.74) is 0. The average molecular weight is 371 g/mol. The van der Waals surface area contributed by atoms with E-state index in [4.69, 9.17) is 4.74 Å². The highest BCUT2D eigenvalue weighted by molar-refractivity contribution is 5.69. The number of ether oxygens (including phenoxy) is 1. The molecule has 26 heavy (non-hydrogen) atoms. The number of hydrogen-bond donors (Lipinski definition) is 1. The van der Waals surface area contributed by atoms with Gasteiger partial charge in [0.15, 0.2) is 0 Å². The molecule has 1 atom stereocenters. The van der Waals surface area contributed by atoms with Gasteiger partial charge in [-0.15, -0.1) is 0 Å². The highest BCUT2D eigenvalue weighted by Gasteiger charge is 2.06. The van der Waals surface area contributed by atoms with Crippen LogP contribution in [0.1, 0.15) is 129 Å². The molecule has 0 aromatic carbocycles. The second-order valence-corrected chi connectivity index (χ2v) is 7.80. The van der Waals surface area contributed by atoms with E-state index in [1.54, 1.807) is 0 Å². The molecule has 1 N–H and O–H groups in total. The summed E-state index contributed by atoms with van der Waals surface area (Å²) in [4.78, 5) is 11.5. The first-order valence-electron chi connectivity index (χ1n) is 11.5. The molecule has 0 saturated carbocycles. The third-order valence-corrected chi connectivity index (χ3v) is 5.14. The number of carbonyl (C=O) groups excluding carboxylic acids is 1. The summed E-state index contributed by atoms with van der Waals surface area (Å²) in [7, 11) is 0. The minimum atomic E-state index is -0.509. The molecule has 0 heterocycles. The zero-order valence-corrected chi connectivity index (χ0v) is 17.8. The minimum Gasteiger partial charge on any atom is -0.463 e. The van der Waals surface area contributed by atoms with Crippen LogP contribution in [0.25, 0.3) is 0 Å². The maximum atomic E-state index is 11.5. The lowest BCUT2D eigenvalue weighted by Crippen LogP contribution is -2.17. The molecule has 1 unspecified atom stereocenters. The topological polar surface area (TPSA) is 46.5 Å². The molecule has 0 aromatic heterocycles. The van der Waals surface area contributed by atoms with Gasteiger partial charge in [-0.3, -0.25) is 4.79 Å². The second-order valence-electron chi connectivity index (χ2n) is 7.80. The average Bonchev–Trinajstić information content (AvgIpc) is 2.65. The molecule has 0 spiro atoms. The summed E-state index contributed by atoms with van der Waals surface area (Å²) in [6, 6.07) is 0. The van der Waals surface area contributed by atoms with Crippen molar-refractivity contribution in [1.82, 2.24) is 0 Å². The molecule has 0 aliphatic heterocycles. The molecule has 0 fully saturated rings. The van der Waals surface area contributed by atoms with Gasteiger partial charge in [0.05, 0.1) is 6.10 Å². The van der Waals surface area contributed by atoms with Gasteiger partial charge in [-0.1, -0.05) is 110 Å². The van der Waals surface area contributed by atoms with Crippen molar-refractivity contribution in [2.45, 2.75) is 136 Å². The van der Waals surface area contributed by atoms with Gasteiger partial charge < -0.3 is 9.84 Å². The van der Waals surface area contributed by atoms with Crippen molar-refractivity contribution in [2.24, 2.45) is 0 Å². The third kappa shape index (κ3) is 19.8. The SMILES string of the molecule is CCCCCCCCCCCCCCCCCCC(=O)OCC(O)CC. The van der Waals surface area contributed by atoms with Crippen molar-refractivity contribution in [3.05, 3.63) is 0 Å². The van der Waals surface area contributed by atoms with E-state index >= 15 is 0 Å². The summed E-state index contributed by atoms with van der Waals surface area (Å²) in [6.45, 7) is 4.31. The Morgan fingerprint density at radius 3 is 1.46 bits per heavy atom. The maximum Gasteiger partial charge on any atom is 0.305 e. The molecule has 156 valence electrons. The Labute approximate surface area is 163 Å². The Bertz CT molecular complexity index is 291. The molecule has 0 aliphatic rings. The quantitative estimate of drug-likeness (QED) is 0.186.